The summed E-state index contributed by atoms with van der Waals surface area (Å²) in [5.41, 5.74) is 1.17. The number of hydrogen-bond acceptors (Lipinski definition) is 4. The van der Waals surface area contributed by atoms with Crippen molar-refractivity contribution in [3.8, 4) is 0 Å². The first kappa shape index (κ1) is 12.5. The summed E-state index contributed by atoms with van der Waals surface area (Å²) in [7, 11) is 0. The predicted molar refractivity (Wildman–Crippen MR) is 68.6 cm³/mol. The fourth-order valence-corrected chi connectivity index (χ4v) is 2.36. The van der Waals surface area contributed by atoms with E-state index in [4.69, 9.17) is 0 Å². The number of piperidine rings is 1. The van der Waals surface area contributed by atoms with Gasteiger partial charge in [-0.25, -0.2) is 9.97 Å². The number of rotatable bonds is 5. The van der Waals surface area contributed by atoms with E-state index in [2.05, 4.69) is 27.1 Å². The van der Waals surface area contributed by atoms with Crippen molar-refractivity contribution < 1.29 is 0 Å². The molecule has 4 heteroatoms. The van der Waals surface area contributed by atoms with E-state index in [0.717, 1.165) is 6.54 Å². The van der Waals surface area contributed by atoms with E-state index in [1.54, 1.807) is 6.33 Å². The first-order valence-electron chi connectivity index (χ1n) is 6.58. The first-order chi connectivity index (χ1) is 8.38. The van der Waals surface area contributed by atoms with Crippen LogP contribution >= 0.6 is 0 Å². The van der Waals surface area contributed by atoms with Crippen molar-refractivity contribution in [1.82, 2.24) is 20.2 Å². The van der Waals surface area contributed by atoms with Crippen molar-refractivity contribution in [2.45, 2.75) is 38.8 Å². The summed E-state index contributed by atoms with van der Waals surface area (Å²) in [5, 5.41) is 3.59. The van der Waals surface area contributed by atoms with Crippen LogP contribution in [0.3, 0.4) is 0 Å². The minimum absolute atomic E-state index is 0.656. The maximum Gasteiger partial charge on any atom is 0.115 e. The van der Waals surface area contributed by atoms with Gasteiger partial charge in [0.25, 0.3) is 0 Å². The van der Waals surface area contributed by atoms with E-state index in [9.17, 15) is 0 Å². The van der Waals surface area contributed by atoms with E-state index in [1.807, 2.05) is 12.4 Å². The van der Waals surface area contributed by atoms with E-state index in [0.29, 0.717) is 6.04 Å². The molecule has 1 aromatic heterocycles. The van der Waals surface area contributed by atoms with Crippen LogP contribution < -0.4 is 5.32 Å². The average Bonchev–Trinajstić information content (AvgIpc) is 2.40. The van der Waals surface area contributed by atoms with E-state index in [1.165, 1.54) is 44.5 Å². The Bertz CT molecular complexity index is 306. The Hall–Kier alpha value is -1.00. The lowest BCUT2D eigenvalue weighted by Gasteiger charge is -2.32. The van der Waals surface area contributed by atoms with Crippen LogP contribution in [-0.4, -0.2) is 40.5 Å². The highest BCUT2D eigenvalue weighted by molar-refractivity contribution is 5.01. The Balaban J connectivity index is 1.68. The molecule has 0 atom stereocenters. The molecule has 0 aromatic carbocycles. The molecule has 1 fully saturated rings. The van der Waals surface area contributed by atoms with E-state index >= 15 is 0 Å². The van der Waals surface area contributed by atoms with Crippen LogP contribution in [0.5, 0.6) is 0 Å². The number of likely N-dealkylation sites (tertiary alicyclic amines) is 1. The second kappa shape index (κ2) is 6.67. The molecule has 0 spiro atoms. The van der Waals surface area contributed by atoms with Gasteiger partial charge in [0.1, 0.15) is 6.33 Å². The summed E-state index contributed by atoms with van der Waals surface area (Å²) in [6, 6.07) is 0.656. The Morgan fingerprint density at radius 3 is 2.65 bits per heavy atom. The van der Waals surface area contributed by atoms with E-state index < -0.39 is 0 Å². The van der Waals surface area contributed by atoms with Crippen molar-refractivity contribution in [1.29, 1.82) is 0 Å². The van der Waals surface area contributed by atoms with Crippen LogP contribution in [0, 0.1) is 0 Å². The number of hydrogen-bond donors (Lipinski definition) is 1. The molecule has 4 nitrogen and oxygen atoms in total. The van der Waals surface area contributed by atoms with Gasteiger partial charge < -0.3 is 10.2 Å². The highest BCUT2D eigenvalue weighted by Gasteiger charge is 2.17. The van der Waals surface area contributed by atoms with Crippen LogP contribution in [0.4, 0.5) is 0 Å². The van der Waals surface area contributed by atoms with Crippen LogP contribution in [-0.2, 0) is 6.54 Å². The standard InChI is InChI=1S/C13H22N4/c1-2-5-17-6-3-13(4-7-17)16-10-12-8-14-11-15-9-12/h8-9,11,13,16H,2-7,10H2,1H3. The quantitative estimate of drug-likeness (QED) is 0.837. The van der Waals surface area contributed by atoms with Crippen molar-refractivity contribution in [2.24, 2.45) is 0 Å². The summed E-state index contributed by atoms with van der Waals surface area (Å²) in [6.45, 7) is 6.85. The van der Waals surface area contributed by atoms with Gasteiger partial charge in [-0.15, -0.1) is 0 Å². The highest BCUT2D eigenvalue weighted by atomic mass is 15.1. The van der Waals surface area contributed by atoms with Crippen LogP contribution in [0.25, 0.3) is 0 Å². The minimum atomic E-state index is 0.656. The summed E-state index contributed by atoms with van der Waals surface area (Å²) >= 11 is 0. The highest BCUT2D eigenvalue weighted by Crippen LogP contribution is 2.11. The monoisotopic (exact) mass is 234 g/mol. The molecule has 94 valence electrons. The molecule has 0 aliphatic carbocycles. The Morgan fingerprint density at radius 1 is 1.29 bits per heavy atom. The zero-order chi connectivity index (χ0) is 11.9. The third-order valence-corrected chi connectivity index (χ3v) is 3.34. The summed E-state index contributed by atoms with van der Waals surface area (Å²) < 4.78 is 0. The van der Waals surface area contributed by atoms with Gasteiger partial charge in [0.15, 0.2) is 0 Å². The lowest BCUT2D eigenvalue weighted by molar-refractivity contribution is 0.197. The molecule has 0 saturated carbocycles. The first-order valence-corrected chi connectivity index (χ1v) is 6.58. The number of nitrogens with one attached hydrogen (secondary N) is 1. The maximum absolute atomic E-state index is 4.03. The molecule has 1 aliphatic heterocycles. The van der Waals surface area contributed by atoms with Crippen LogP contribution in [0.2, 0.25) is 0 Å². The van der Waals surface area contributed by atoms with Gasteiger partial charge in [-0.05, 0) is 38.9 Å². The molecule has 0 amide bonds. The van der Waals surface area contributed by atoms with Gasteiger partial charge in [-0.3, -0.25) is 0 Å². The zero-order valence-corrected chi connectivity index (χ0v) is 10.6. The fraction of sp³-hybridized carbons (Fsp3) is 0.692. The second-order valence-corrected chi connectivity index (χ2v) is 4.74. The van der Waals surface area contributed by atoms with Crippen LogP contribution in [0.15, 0.2) is 18.7 Å². The summed E-state index contributed by atoms with van der Waals surface area (Å²) in [4.78, 5) is 10.6. The zero-order valence-electron chi connectivity index (χ0n) is 10.6. The molecule has 0 unspecified atom stereocenters. The molecule has 17 heavy (non-hydrogen) atoms. The van der Waals surface area contributed by atoms with Gasteiger partial charge in [0, 0.05) is 30.5 Å². The van der Waals surface area contributed by atoms with Gasteiger partial charge in [-0.2, -0.15) is 0 Å². The molecule has 1 N–H and O–H groups in total. The van der Waals surface area contributed by atoms with Gasteiger partial charge >= 0.3 is 0 Å². The summed E-state index contributed by atoms with van der Waals surface area (Å²) in [5.74, 6) is 0. The molecule has 2 heterocycles. The Morgan fingerprint density at radius 2 is 2.00 bits per heavy atom. The van der Waals surface area contributed by atoms with Crippen molar-refractivity contribution in [3.05, 3.63) is 24.3 Å². The van der Waals surface area contributed by atoms with Crippen LogP contribution in [0.1, 0.15) is 31.7 Å². The molecule has 0 radical (unpaired) electrons. The van der Waals surface area contributed by atoms with Gasteiger partial charge in [0.2, 0.25) is 0 Å². The Kier molecular flexibility index (Phi) is 4.88. The lowest BCUT2D eigenvalue weighted by Crippen LogP contribution is -2.42. The number of aromatic nitrogens is 2. The third-order valence-electron chi connectivity index (χ3n) is 3.34. The van der Waals surface area contributed by atoms with Crippen molar-refractivity contribution in [2.75, 3.05) is 19.6 Å². The Labute approximate surface area is 103 Å². The third kappa shape index (κ3) is 4.06. The smallest absolute Gasteiger partial charge is 0.115 e. The molecule has 2 rings (SSSR count). The average molecular weight is 234 g/mol. The molecule has 1 saturated heterocycles. The van der Waals surface area contributed by atoms with E-state index in [-0.39, 0.29) is 0 Å². The van der Waals surface area contributed by atoms with Gasteiger partial charge in [-0.1, -0.05) is 6.92 Å². The topological polar surface area (TPSA) is 41.0 Å². The molecular formula is C13H22N4. The SMILES string of the molecule is CCCN1CCC(NCc2cncnc2)CC1. The largest absolute Gasteiger partial charge is 0.310 e. The van der Waals surface area contributed by atoms with Gasteiger partial charge in [0.05, 0.1) is 0 Å². The summed E-state index contributed by atoms with van der Waals surface area (Å²) in [6.07, 6.45) is 9.12. The molecule has 0 bridgehead atoms. The lowest BCUT2D eigenvalue weighted by atomic mass is 10.0. The minimum Gasteiger partial charge on any atom is -0.310 e. The van der Waals surface area contributed by atoms with Crippen molar-refractivity contribution in [3.63, 3.8) is 0 Å². The maximum atomic E-state index is 4.03. The van der Waals surface area contributed by atoms with Crippen molar-refractivity contribution >= 4 is 0 Å². The second-order valence-electron chi connectivity index (χ2n) is 4.74. The molecular weight excluding hydrogens is 212 g/mol. The predicted octanol–water partition coefficient (Wildman–Crippen LogP) is 1.44. The number of nitrogens with zero attached hydrogens (tertiary/aromatic N) is 3. The fourth-order valence-electron chi connectivity index (χ4n) is 2.36. The molecule has 1 aliphatic rings. The normalized spacial score (nSPS) is 18.4. The molecule has 1 aromatic rings.